The molecule has 0 saturated heterocycles. The number of pyridine rings is 1. The average Bonchev–Trinajstić information content (AvgIpc) is 2.98. The number of alkyl halides is 1. The first-order chi connectivity index (χ1) is 20.6. The number of rotatable bonds is 11. The normalized spacial score (nSPS) is 11.7. The van der Waals surface area contributed by atoms with Crippen LogP contribution in [0.5, 0.6) is 5.75 Å². The van der Waals surface area contributed by atoms with E-state index in [1.165, 1.54) is 23.1 Å². The number of nitrogens with two attached hydrogens (primary N) is 1. The van der Waals surface area contributed by atoms with E-state index in [1.54, 1.807) is 20.3 Å². The fraction of sp³-hybridized carbons (Fsp3) is 0.233. The zero-order chi connectivity index (χ0) is 31.1. The molecule has 0 aliphatic heterocycles. The molecule has 3 aromatic carbocycles. The zero-order valence-electron chi connectivity index (χ0n) is 23.9. The van der Waals surface area contributed by atoms with Gasteiger partial charge in [-0.2, -0.15) is 0 Å². The standard InChI is InChI=1S/C30H33IN6O5S/c1-4-42-25-15-19(5-6-20(25)16-31)27(35-22-7-9-24-18(13-22)11-12-33-28(24)32)29(38)34-17-21-14-23(36-30(39)37(2)3)8-10-26(21)43(40)41/h5-15,27,35,43H,4,16-17H2,1-3H3,(H2,32,33)(H,34,38)(H,36,39). The Morgan fingerprint density at radius 2 is 1.79 bits per heavy atom. The topological polar surface area (TPSA) is 156 Å². The molecule has 4 aromatic rings. The van der Waals surface area contributed by atoms with Crippen molar-refractivity contribution in [2.75, 3.05) is 37.1 Å². The Bertz CT molecular complexity index is 1720. The fourth-order valence-corrected chi connectivity index (χ4v) is 5.62. The maximum Gasteiger partial charge on any atom is 0.321 e. The molecule has 1 aromatic heterocycles. The van der Waals surface area contributed by atoms with Gasteiger partial charge in [0.1, 0.15) is 17.6 Å². The molecule has 0 aliphatic rings. The van der Waals surface area contributed by atoms with Crippen LogP contribution in [-0.2, 0) is 26.5 Å². The maximum atomic E-state index is 13.8. The minimum Gasteiger partial charge on any atom is -0.494 e. The van der Waals surface area contributed by atoms with Gasteiger partial charge in [0.15, 0.2) is 10.7 Å². The van der Waals surface area contributed by atoms with Gasteiger partial charge in [0, 0.05) is 53.6 Å². The van der Waals surface area contributed by atoms with Gasteiger partial charge in [-0.3, -0.25) is 4.79 Å². The predicted molar refractivity (Wildman–Crippen MR) is 177 cm³/mol. The summed E-state index contributed by atoms with van der Waals surface area (Å²) in [6.45, 7) is 2.27. The van der Waals surface area contributed by atoms with Crippen molar-refractivity contribution in [2.45, 2.75) is 28.8 Å². The molecular weight excluding hydrogens is 683 g/mol. The van der Waals surface area contributed by atoms with Gasteiger partial charge in [0.2, 0.25) is 5.91 Å². The van der Waals surface area contributed by atoms with Crippen LogP contribution in [0.3, 0.4) is 0 Å². The Morgan fingerprint density at radius 3 is 2.49 bits per heavy atom. The van der Waals surface area contributed by atoms with Gasteiger partial charge >= 0.3 is 6.03 Å². The molecule has 3 amide bonds. The second-order valence-electron chi connectivity index (χ2n) is 9.79. The summed E-state index contributed by atoms with van der Waals surface area (Å²) in [5, 5.41) is 10.5. The van der Waals surface area contributed by atoms with Crippen LogP contribution in [0.25, 0.3) is 10.8 Å². The summed E-state index contributed by atoms with van der Waals surface area (Å²) in [7, 11) is 0.241. The van der Waals surface area contributed by atoms with E-state index in [1.807, 2.05) is 49.4 Å². The number of anilines is 3. The number of ether oxygens (including phenoxy) is 1. The van der Waals surface area contributed by atoms with E-state index >= 15 is 0 Å². The minimum atomic E-state index is -2.95. The summed E-state index contributed by atoms with van der Waals surface area (Å²) in [5.74, 6) is 0.695. The molecule has 1 unspecified atom stereocenters. The average molecular weight is 717 g/mol. The molecule has 4 rings (SSSR count). The van der Waals surface area contributed by atoms with Gasteiger partial charge in [-0.05, 0) is 72.0 Å². The van der Waals surface area contributed by atoms with E-state index in [-0.39, 0.29) is 17.5 Å². The number of benzene rings is 3. The quantitative estimate of drug-likeness (QED) is 0.0852. The van der Waals surface area contributed by atoms with E-state index in [4.69, 9.17) is 10.5 Å². The minimum absolute atomic E-state index is 0.0495. The summed E-state index contributed by atoms with van der Waals surface area (Å²) in [6, 6.07) is 16.2. The number of fused-ring (bicyclic) bond motifs is 1. The molecule has 0 bridgehead atoms. The molecule has 11 nitrogen and oxygen atoms in total. The van der Waals surface area contributed by atoms with Crippen molar-refractivity contribution in [1.82, 2.24) is 15.2 Å². The summed E-state index contributed by atoms with van der Waals surface area (Å²) in [4.78, 5) is 31.5. The number of nitrogen functional groups attached to an aromatic ring is 1. The van der Waals surface area contributed by atoms with Gasteiger partial charge in [-0.15, -0.1) is 0 Å². The van der Waals surface area contributed by atoms with Crippen LogP contribution < -0.4 is 26.4 Å². The molecule has 0 saturated carbocycles. The Balaban J connectivity index is 1.67. The number of thiol groups is 1. The van der Waals surface area contributed by atoms with Crippen molar-refractivity contribution in [3.8, 4) is 5.75 Å². The second-order valence-corrected chi connectivity index (χ2v) is 11.5. The molecule has 0 fully saturated rings. The smallest absolute Gasteiger partial charge is 0.321 e. The van der Waals surface area contributed by atoms with Gasteiger partial charge in [0.25, 0.3) is 0 Å². The monoisotopic (exact) mass is 716 g/mol. The van der Waals surface area contributed by atoms with Crippen molar-refractivity contribution in [3.63, 3.8) is 0 Å². The van der Waals surface area contributed by atoms with Gasteiger partial charge in [0.05, 0.1) is 11.5 Å². The second kappa shape index (κ2) is 14.4. The number of carbonyl (C=O) groups excluding carboxylic acids is 2. The number of nitrogens with one attached hydrogen (secondary N) is 3. The Labute approximate surface area is 265 Å². The van der Waals surface area contributed by atoms with Gasteiger partial charge < -0.3 is 31.3 Å². The molecule has 5 N–H and O–H groups in total. The van der Waals surface area contributed by atoms with Crippen LogP contribution in [0.15, 0.2) is 71.8 Å². The Morgan fingerprint density at radius 1 is 1.02 bits per heavy atom. The molecular formula is C30H33IN6O5S. The third-order valence-corrected chi connectivity index (χ3v) is 8.27. The summed E-state index contributed by atoms with van der Waals surface area (Å²) < 4.78 is 30.6. The lowest BCUT2D eigenvalue weighted by Gasteiger charge is -2.22. The highest BCUT2D eigenvalue weighted by atomic mass is 127. The van der Waals surface area contributed by atoms with E-state index in [9.17, 15) is 18.0 Å². The van der Waals surface area contributed by atoms with Crippen LogP contribution >= 0.6 is 22.6 Å². The van der Waals surface area contributed by atoms with Crippen LogP contribution in [0, 0.1) is 0 Å². The highest BCUT2D eigenvalue weighted by Gasteiger charge is 2.23. The van der Waals surface area contributed by atoms with Crippen molar-refractivity contribution in [2.24, 2.45) is 0 Å². The summed E-state index contributed by atoms with van der Waals surface area (Å²) in [5.41, 5.74) is 9.09. The lowest BCUT2D eigenvalue weighted by Crippen LogP contribution is -2.33. The largest absolute Gasteiger partial charge is 0.494 e. The number of carbonyl (C=O) groups is 2. The van der Waals surface area contributed by atoms with Crippen molar-refractivity contribution < 1.29 is 22.7 Å². The molecule has 0 aliphatic carbocycles. The molecule has 13 heteroatoms. The Kier molecular flexibility index (Phi) is 10.6. The maximum absolute atomic E-state index is 13.8. The molecule has 1 atom stereocenters. The lowest BCUT2D eigenvalue weighted by molar-refractivity contribution is -0.122. The third kappa shape index (κ3) is 7.84. The lowest BCUT2D eigenvalue weighted by atomic mass is 10.0. The highest BCUT2D eigenvalue weighted by molar-refractivity contribution is 14.1. The molecule has 0 radical (unpaired) electrons. The number of urea groups is 1. The molecule has 1 heterocycles. The Hall–Kier alpha value is -4.11. The number of halogens is 1. The van der Waals surface area contributed by atoms with Crippen molar-refractivity contribution in [1.29, 1.82) is 0 Å². The van der Waals surface area contributed by atoms with Crippen LogP contribution in [0.1, 0.15) is 29.7 Å². The van der Waals surface area contributed by atoms with Gasteiger partial charge in [-0.1, -0.05) is 34.7 Å². The van der Waals surface area contributed by atoms with Crippen LogP contribution in [-0.4, -0.2) is 50.9 Å². The first-order valence-corrected chi connectivity index (χ1v) is 16.1. The molecule has 0 spiro atoms. The van der Waals surface area contributed by atoms with Crippen LogP contribution in [0.4, 0.5) is 22.0 Å². The van der Waals surface area contributed by atoms with Gasteiger partial charge in [-0.25, -0.2) is 18.2 Å². The fourth-order valence-electron chi connectivity index (χ4n) is 4.41. The van der Waals surface area contributed by atoms with E-state index in [0.717, 1.165) is 20.8 Å². The van der Waals surface area contributed by atoms with E-state index in [0.29, 0.717) is 40.7 Å². The number of amides is 3. The number of aromatic nitrogens is 1. The first-order valence-electron chi connectivity index (χ1n) is 13.4. The van der Waals surface area contributed by atoms with Crippen molar-refractivity contribution in [3.05, 3.63) is 83.6 Å². The zero-order valence-corrected chi connectivity index (χ0v) is 26.9. The van der Waals surface area contributed by atoms with Crippen LogP contribution in [0.2, 0.25) is 0 Å². The molecule has 43 heavy (non-hydrogen) atoms. The number of hydrogen-bond acceptors (Lipinski definition) is 8. The third-order valence-electron chi connectivity index (χ3n) is 6.62. The first kappa shape index (κ1) is 31.8. The van der Waals surface area contributed by atoms with E-state index in [2.05, 4.69) is 43.5 Å². The summed E-state index contributed by atoms with van der Waals surface area (Å²) >= 11 is 2.26. The summed E-state index contributed by atoms with van der Waals surface area (Å²) in [6.07, 6.45) is 1.62. The number of hydrogen-bond donors (Lipinski definition) is 5. The highest BCUT2D eigenvalue weighted by Crippen LogP contribution is 2.30. The predicted octanol–water partition coefficient (Wildman–Crippen LogP) is 4.68. The molecule has 226 valence electrons. The SMILES string of the molecule is CCOc1cc(C(Nc2ccc3c(N)nccc3c2)C(=O)NCc2cc(NC(=O)N(C)C)ccc2[SH](=O)=O)ccc1CI. The van der Waals surface area contributed by atoms with Crippen molar-refractivity contribution >= 4 is 73.2 Å². The number of nitrogens with zero attached hydrogens (tertiary/aromatic N) is 2. The van der Waals surface area contributed by atoms with E-state index < -0.39 is 22.7 Å².